The van der Waals surface area contributed by atoms with Crippen molar-refractivity contribution in [1.82, 2.24) is 5.32 Å². The lowest BCUT2D eigenvalue weighted by Gasteiger charge is -2.14. The van der Waals surface area contributed by atoms with Gasteiger partial charge >= 0.3 is 0 Å². The minimum Gasteiger partial charge on any atom is -0.349 e. The van der Waals surface area contributed by atoms with Gasteiger partial charge in [-0.1, -0.05) is 18.2 Å². The number of rotatable bonds is 6. The summed E-state index contributed by atoms with van der Waals surface area (Å²) in [5, 5.41) is 4.89. The van der Waals surface area contributed by atoms with E-state index in [4.69, 9.17) is 0 Å². The number of thioether (sulfide) groups is 1. The van der Waals surface area contributed by atoms with Crippen LogP contribution < -0.4 is 5.32 Å². The van der Waals surface area contributed by atoms with Crippen LogP contribution in [0.25, 0.3) is 0 Å². The molecule has 118 valence electrons. The molecular weight excluding hydrogens is 338 g/mol. The molecule has 22 heavy (non-hydrogen) atoms. The Balaban J connectivity index is 1.91. The van der Waals surface area contributed by atoms with Gasteiger partial charge in [0.05, 0.1) is 20.9 Å². The number of nitrogens with one attached hydrogen (secondary N) is 1. The van der Waals surface area contributed by atoms with Crippen LogP contribution in [0.4, 0.5) is 0 Å². The molecule has 0 spiro atoms. The predicted molar refractivity (Wildman–Crippen MR) is 91.2 cm³/mol. The molecule has 2 rings (SSSR count). The Morgan fingerprint density at radius 3 is 2.50 bits per heavy atom. The smallest absolute Gasteiger partial charge is 0.230 e. The zero-order valence-electron chi connectivity index (χ0n) is 12.3. The van der Waals surface area contributed by atoms with Crippen molar-refractivity contribution in [3.8, 4) is 0 Å². The number of benzene rings is 1. The van der Waals surface area contributed by atoms with Crippen molar-refractivity contribution in [2.24, 2.45) is 0 Å². The normalized spacial score (nSPS) is 12.8. The Labute approximate surface area is 138 Å². The molecule has 0 saturated heterocycles. The fraction of sp³-hybridized carbons (Fsp3) is 0.267. The van der Waals surface area contributed by atoms with E-state index in [1.165, 1.54) is 18.0 Å². The number of hydrogen-bond donors (Lipinski definition) is 1. The van der Waals surface area contributed by atoms with Gasteiger partial charge in [0, 0.05) is 6.26 Å². The van der Waals surface area contributed by atoms with Crippen LogP contribution in [0.1, 0.15) is 18.5 Å². The summed E-state index contributed by atoms with van der Waals surface area (Å²) < 4.78 is 23.9. The number of hydrogen-bond acceptors (Lipinski definition) is 5. The first kappa shape index (κ1) is 17.1. The highest BCUT2D eigenvalue weighted by Gasteiger charge is 2.12. The van der Waals surface area contributed by atoms with Crippen LogP contribution in [0.2, 0.25) is 0 Å². The maximum Gasteiger partial charge on any atom is 0.230 e. The molecule has 7 heteroatoms. The largest absolute Gasteiger partial charge is 0.349 e. The Morgan fingerprint density at radius 1 is 1.27 bits per heavy atom. The maximum absolute atomic E-state index is 11.9. The SMILES string of the molecule is C[C@@H](NC(=O)CSc1cccs1)c1ccc(S(C)(=O)=O)cc1. The van der Waals surface area contributed by atoms with Gasteiger partial charge in [-0.2, -0.15) is 0 Å². The van der Waals surface area contributed by atoms with Gasteiger partial charge < -0.3 is 5.32 Å². The van der Waals surface area contributed by atoms with Gasteiger partial charge in [0.2, 0.25) is 5.91 Å². The first-order valence-electron chi connectivity index (χ1n) is 6.62. The van der Waals surface area contributed by atoms with E-state index >= 15 is 0 Å². The van der Waals surface area contributed by atoms with Gasteiger partial charge in [0.1, 0.15) is 0 Å². The molecule has 0 radical (unpaired) electrons. The fourth-order valence-corrected chi connectivity index (χ4v) is 4.08. The van der Waals surface area contributed by atoms with Gasteiger partial charge in [-0.15, -0.1) is 23.1 Å². The predicted octanol–water partition coefficient (Wildman–Crippen LogP) is 3.12. The lowest BCUT2D eigenvalue weighted by atomic mass is 10.1. The molecule has 1 aromatic heterocycles. The summed E-state index contributed by atoms with van der Waals surface area (Å²) in [5.74, 6) is 0.324. The highest BCUT2D eigenvalue weighted by atomic mass is 32.2. The minimum absolute atomic E-state index is 0.0434. The van der Waals surface area contributed by atoms with Gasteiger partial charge in [-0.25, -0.2) is 8.42 Å². The van der Waals surface area contributed by atoms with E-state index in [0.717, 1.165) is 9.77 Å². The zero-order chi connectivity index (χ0) is 16.2. The van der Waals surface area contributed by atoms with E-state index in [1.807, 2.05) is 24.4 Å². The average Bonchev–Trinajstić information content (AvgIpc) is 2.97. The average molecular weight is 356 g/mol. The first-order chi connectivity index (χ1) is 10.4. The van der Waals surface area contributed by atoms with Gasteiger partial charge in [-0.05, 0) is 36.1 Å². The molecule has 4 nitrogen and oxygen atoms in total. The second kappa shape index (κ2) is 7.30. The van der Waals surface area contributed by atoms with E-state index in [-0.39, 0.29) is 16.8 Å². The monoisotopic (exact) mass is 355 g/mol. The Kier molecular flexibility index (Phi) is 5.66. The molecule has 1 atom stereocenters. The third kappa shape index (κ3) is 4.86. The quantitative estimate of drug-likeness (QED) is 0.809. The van der Waals surface area contributed by atoms with Crippen LogP contribution in [0, 0.1) is 0 Å². The van der Waals surface area contributed by atoms with E-state index in [1.54, 1.807) is 35.6 Å². The Morgan fingerprint density at radius 2 is 1.95 bits per heavy atom. The summed E-state index contributed by atoms with van der Waals surface area (Å²) in [6, 6.07) is 10.4. The third-order valence-corrected chi connectivity index (χ3v) is 6.29. The lowest BCUT2D eigenvalue weighted by Crippen LogP contribution is -2.28. The minimum atomic E-state index is -3.19. The number of sulfone groups is 1. The van der Waals surface area contributed by atoms with Gasteiger partial charge in [-0.3, -0.25) is 4.79 Å². The first-order valence-corrected chi connectivity index (χ1v) is 10.4. The molecule has 0 bridgehead atoms. The molecule has 0 aliphatic heterocycles. The standard InChI is InChI=1S/C15H17NO3S3/c1-11(12-5-7-13(8-6-12)22(2,18)19)16-14(17)10-21-15-4-3-9-20-15/h3-9,11H,10H2,1-2H3,(H,16,17)/t11-/m1/s1. The fourth-order valence-electron chi connectivity index (χ4n) is 1.85. The highest BCUT2D eigenvalue weighted by molar-refractivity contribution is 8.01. The summed E-state index contributed by atoms with van der Waals surface area (Å²) in [6.45, 7) is 1.88. The molecule has 0 aliphatic rings. The van der Waals surface area contributed by atoms with Crippen LogP contribution in [0.5, 0.6) is 0 Å². The van der Waals surface area contributed by atoms with Crippen molar-refractivity contribution in [3.63, 3.8) is 0 Å². The van der Waals surface area contributed by atoms with Crippen molar-refractivity contribution in [3.05, 3.63) is 47.3 Å². The zero-order valence-corrected chi connectivity index (χ0v) is 14.7. The van der Waals surface area contributed by atoms with Crippen molar-refractivity contribution < 1.29 is 13.2 Å². The number of carbonyl (C=O) groups excluding carboxylic acids is 1. The van der Waals surface area contributed by atoms with Crippen LogP contribution in [0.15, 0.2) is 50.9 Å². The van der Waals surface area contributed by atoms with Crippen molar-refractivity contribution >= 4 is 38.8 Å². The molecule has 1 amide bonds. The summed E-state index contributed by atoms with van der Waals surface area (Å²) in [6.07, 6.45) is 1.18. The lowest BCUT2D eigenvalue weighted by molar-refractivity contribution is -0.119. The molecule has 0 unspecified atom stereocenters. The van der Waals surface area contributed by atoms with E-state index in [2.05, 4.69) is 5.32 Å². The summed E-state index contributed by atoms with van der Waals surface area (Å²) in [7, 11) is -3.19. The maximum atomic E-state index is 11.9. The summed E-state index contributed by atoms with van der Waals surface area (Å²) >= 11 is 3.12. The Hall–Kier alpha value is -1.31. The second-order valence-corrected chi connectivity index (χ2v) is 9.09. The summed E-state index contributed by atoms with van der Waals surface area (Å²) in [5.41, 5.74) is 0.877. The van der Waals surface area contributed by atoms with E-state index in [0.29, 0.717) is 5.75 Å². The molecule has 0 fully saturated rings. The Bertz CT molecular complexity index is 722. The van der Waals surface area contributed by atoms with Crippen molar-refractivity contribution in [2.45, 2.75) is 22.1 Å². The molecule has 1 N–H and O–H groups in total. The number of thiophene rings is 1. The van der Waals surface area contributed by atoms with Crippen molar-refractivity contribution in [2.75, 3.05) is 12.0 Å². The van der Waals surface area contributed by atoms with Gasteiger partial charge in [0.25, 0.3) is 0 Å². The number of carbonyl (C=O) groups is 1. The molecule has 1 aromatic carbocycles. The molecule has 0 saturated carbocycles. The van der Waals surface area contributed by atoms with Crippen LogP contribution >= 0.6 is 23.1 Å². The van der Waals surface area contributed by atoms with E-state index < -0.39 is 9.84 Å². The molecular formula is C15H17NO3S3. The van der Waals surface area contributed by atoms with Crippen LogP contribution in [-0.4, -0.2) is 26.3 Å². The highest BCUT2D eigenvalue weighted by Crippen LogP contribution is 2.23. The molecule has 2 aromatic rings. The van der Waals surface area contributed by atoms with Crippen molar-refractivity contribution in [1.29, 1.82) is 0 Å². The topological polar surface area (TPSA) is 63.2 Å². The van der Waals surface area contributed by atoms with Crippen LogP contribution in [-0.2, 0) is 14.6 Å². The third-order valence-electron chi connectivity index (χ3n) is 3.03. The summed E-state index contributed by atoms with van der Waals surface area (Å²) in [4.78, 5) is 12.2. The molecule has 0 aliphatic carbocycles. The van der Waals surface area contributed by atoms with Gasteiger partial charge in [0.15, 0.2) is 9.84 Å². The number of amides is 1. The second-order valence-electron chi connectivity index (χ2n) is 4.85. The van der Waals surface area contributed by atoms with E-state index in [9.17, 15) is 13.2 Å². The van der Waals surface area contributed by atoms with Crippen LogP contribution in [0.3, 0.4) is 0 Å². The molecule has 1 heterocycles.